The maximum Gasteiger partial charge on any atom is 0.271 e. The average molecular weight is 289 g/mol. The maximum absolute atomic E-state index is 12.1. The SMILES string of the molecule is C=CCSc1ccccc1NC(=O)C1=NNC(=O)CC1. The van der Waals surface area contributed by atoms with Crippen LogP contribution in [0.25, 0.3) is 0 Å². The Kier molecular flexibility index (Phi) is 4.95. The molecule has 2 amide bonds. The Morgan fingerprint density at radius 3 is 2.95 bits per heavy atom. The Morgan fingerprint density at radius 1 is 1.45 bits per heavy atom. The number of carbonyl (C=O) groups is 2. The third-order valence-electron chi connectivity index (χ3n) is 2.66. The maximum atomic E-state index is 12.1. The van der Waals surface area contributed by atoms with Gasteiger partial charge in [-0.1, -0.05) is 18.2 Å². The molecule has 2 N–H and O–H groups in total. The number of hydrazone groups is 1. The summed E-state index contributed by atoms with van der Waals surface area (Å²) in [6, 6.07) is 7.55. The van der Waals surface area contributed by atoms with Gasteiger partial charge in [0.05, 0.1) is 5.69 Å². The number of nitrogens with zero attached hydrogens (tertiary/aromatic N) is 1. The second-order valence-corrected chi connectivity index (χ2v) is 5.21. The molecule has 0 aliphatic carbocycles. The normalized spacial score (nSPS) is 14.2. The second-order valence-electron chi connectivity index (χ2n) is 4.14. The molecule has 2 rings (SSSR count). The molecule has 6 heteroatoms. The highest BCUT2D eigenvalue weighted by molar-refractivity contribution is 7.99. The summed E-state index contributed by atoms with van der Waals surface area (Å²) in [4.78, 5) is 24.1. The van der Waals surface area contributed by atoms with Crippen molar-refractivity contribution in [1.29, 1.82) is 0 Å². The number of nitrogens with one attached hydrogen (secondary N) is 2. The Labute approximate surface area is 121 Å². The molecular weight excluding hydrogens is 274 g/mol. The van der Waals surface area contributed by atoms with E-state index in [2.05, 4.69) is 22.4 Å². The van der Waals surface area contributed by atoms with E-state index in [1.165, 1.54) is 0 Å². The topological polar surface area (TPSA) is 70.6 Å². The molecule has 1 aliphatic heterocycles. The number of rotatable bonds is 5. The van der Waals surface area contributed by atoms with Crippen molar-refractivity contribution in [3.05, 3.63) is 36.9 Å². The smallest absolute Gasteiger partial charge is 0.271 e. The lowest BCUT2D eigenvalue weighted by Gasteiger charge is -2.13. The van der Waals surface area contributed by atoms with E-state index in [9.17, 15) is 9.59 Å². The van der Waals surface area contributed by atoms with Crippen molar-refractivity contribution in [2.24, 2.45) is 5.10 Å². The van der Waals surface area contributed by atoms with E-state index in [-0.39, 0.29) is 11.8 Å². The summed E-state index contributed by atoms with van der Waals surface area (Å²) in [6.07, 6.45) is 2.46. The van der Waals surface area contributed by atoms with E-state index in [1.54, 1.807) is 11.8 Å². The van der Waals surface area contributed by atoms with Crippen LogP contribution in [0.4, 0.5) is 5.69 Å². The monoisotopic (exact) mass is 289 g/mol. The zero-order valence-corrected chi connectivity index (χ0v) is 11.7. The molecule has 1 heterocycles. The van der Waals surface area contributed by atoms with Gasteiger partial charge in [-0.05, 0) is 12.1 Å². The summed E-state index contributed by atoms with van der Waals surface area (Å²) < 4.78 is 0. The van der Waals surface area contributed by atoms with Crippen LogP contribution in [0.15, 0.2) is 46.9 Å². The summed E-state index contributed by atoms with van der Waals surface area (Å²) in [7, 11) is 0. The molecule has 0 saturated carbocycles. The summed E-state index contributed by atoms with van der Waals surface area (Å²) >= 11 is 1.59. The van der Waals surface area contributed by atoms with Crippen molar-refractivity contribution >= 4 is 35.0 Å². The number of anilines is 1. The largest absolute Gasteiger partial charge is 0.320 e. The summed E-state index contributed by atoms with van der Waals surface area (Å²) in [5.41, 5.74) is 3.40. The predicted molar refractivity (Wildman–Crippen MR) is 80.8 cm³/mol. The fourth-order valence-corrected chi connectivity index (χ4v) is 2.42. The second kappa shape index (κ2) is 6.91. The first-order valence-electron chi connectivity index (χ1n) is 6.20. The van der Waals surface area contributed by atoms with Crippen LogP contribution in [0.5, 0.6) is 0 Å². The minimum absolute atomic E-state index is 0.163. The fourth-order valence-electron chi connectivity index (χ4n) is 1.68. The van der Waals surface area contributed by atoms with Gasteiger partial charge in [-0.2, -0.15) is 5.10 Å². The van der Waals surface area contributed by atoms with E-state index < -0.39 is 0 Å². The van der Waals surface area contributed by atoms with Gasteiger partial charge in [0.15, 0.2) is 0 Å². The first kappa shape index (κ1) is 14.3. The molecule has 5 nitrogen and oxygen atoms in total. The van der Waals surface area contributed by atoms with Crippen LogP contribution >= 0.6 is 11.8 Å². The predicted octanol–water partition coefficient (Wildman–Crippen LogP) is 2.17. The highest BCUT2D eigenvalue weighted by Crippen LogP contribution is 2.27. The molecule has 20 heavy (non-hydrogen) atoms. The number of thioether (sulfide) groups is 1. The van der Waals surface area contributed by atoms with Crippen LogP contribution < -0.4 is 10.7 Å². The Bertz CT molecular complexity index is 569. The van der Waals surface area contributed by atoms with Crippen LogP contribution in [0, 0.1) is 0 Å². The summed E-state index contributed by atoms with van der Waals surface area (Å²) in [5.74, 6) is 0.323. The minimum atomic E-state index is -0.281. The van der Waals surface area contributed by atoms with Gasteiger partial charge in [-0.3, -0.25) is 9.59 Å². The number of hydrogen-bond donors (Lipinski definition) is 2. The quantitative estimate of drug-likeness (QED) is 0.644. The van der Waals surface area contributed by atoms with E-state index >= 15 is 0 Å². The molecule has 0 fully saturated rings. The fraction of sp³-hybridized carbons (Fsp3) is 0.214. The third kappa shape index (κ3) is 3.71. The molecule has 0 saturated heterocycles. The van der Waals surface area contributed by atoms with E-state index in [4.69, 9.17) is 0 Å². The molecule has 1 aromatic rings. The number of benzene rings is 1. The van der Waals surface area contributed by atoms with Crippen molar-refractivity contribution in [3.8, 4) is 0 Å². The van der Waals surface area contributed by atoms with Gasteiger partial charge in [0.25, 0.3) is 5.91 Å². The van der Waals surface area contributed by atoms with Crippen LogP contribution in [0.3, 0.4) is 0 Å². The Morgan fingerprint density at radius 2 is 2.25 bits per heavy atom. The molecule has 0 bridgehead atoms. The van der Waals surface area contributed by atoms with Gasteiger partial charge in [0.2, 0.25) is 5.91 Å². The van der Waals surface area contributed by atoms with E-state index in [1.807, 2.05) is 30.3 Å². The highest BCUT2D eigenvalue weighted by atomic mass is 32.2. The molecule has 0 aromatic heterocycles. The first-order valence-corrected chi connectivity index (χ1v) is 7.18. The van der Waals surface area contributed by atoms with Gasteiger partial charge in [-0.25, -0.2) is 5.43 Å². The number of amides is 2. The summed E-state index contributed by atoms with van der Waals surface area (Å²) in [5, 5.41) is 6.61. The van der Waals surface area contributed by atoms with E-state index in [0.29, 0.717) is 18.6 Å². The molecule has 1 aromatic carbocycles. The lowest BCUT2D eigenvalue weighted by molar-refractivity contribution is -0.121. The molecule has 104 valence electrons. The summed E-state index contributed by atoms with van der Waals surface area (Å²) in [6.45, 7) is 3.68. The Hall–Kier alpha value is -2.08. The molecule has 0 radical (unpaired) electrons. The van der Waals surface area contributed by atoms with Crippen molar-refractivity contribution in [2.75, 3.05) is 11.1 Å². The number of hydrogen-bond acceptors (Lipinski definition) is 4. The van der Waals surface area contributed by atoms with Crippen LogP contribution in [0.1, 0.15) is 12.8 Å². The van der Waals surface area contributed by atoms with Crippen LogP contribution in [-0.4, -0.2) is 23.3 Å². The lowest BCUT2D eigenvalue weighted by atomic mass is 10.1. The molecule has 1 aliphatic rings. The first-order chi connectivity index (χ1) is 9.70. The van der Waals surface area contributed by atoms with Crippen molar-refractivity contribution in [2.45, 2.75) is 17.7 Å². The van der Waals surface area contributed by atoms with Gasteiger partial charge in [-0.15, -0.1) is 18.3 Å². The molecular formula is C14H15N3O2S. The lowest BCUT2D eigenvalue weighted by Crippen LogP contribution is -2.32. The van der Waals surface area contributed by atoms with Gasteiger partial charge in [0, 0.05) is 23.5 Å². The van der Waals surface area contributed by atoms with E-state index in [0.717, 1.165) is 16.3 Å². The highest BCUT2D eigenvalue weighted by Gasteiger charge is 2.18. The Balaban J connectivity index is 2.07. The average Bonchev–Trinajstić information content (AvgIpc) is 2.47. The van der Waals surface area contributed by atoms with Crippen molar-refractivity contribution in [1.82, 2.24) is 5.43 Å². The van der Waals surface area contributed by atoms with Crippen LogP contribution in [-0.2, 0) is 9.59 Å². The van der Waals surface area contributed by atoms with Gasteiger partial charge < -0.3 is 5.32 Å². The zero-order chi connectivity index (χ0) is 14.4. The standard InChI is InChI=1S/C14H15N3O2S/c1-2-9-20-12-6-4-3-5-10(12)15-14(19)11-7-8-13(18)17-16-11/h2-6H,1,7-9H2,(H,15,19)(H,17,18). The number of para-hydroxylation sites is 1. The van der Waals surface area contributed by atoms with Crippen molar-refractivity contribution in [3.63, 3.8) is 0 Å². The van der Waals surface area contributed by atoms with Crippen molar-refractivity contribution < 1.29 is 9.59 Å². The zero-order valence-electron chi connectivity index (χ0n) is 10.9. The molecule has 0 atom stereocenters. The van der Waals surface area contributed by atoms with Gasteiger partial charge in [0.1, 0.15) is 5.71 Å². The minimum Gasteiger partial charge on any atom is -0.320 e. The van der Waals surface area contributed by atoms with Crippen LogP contribution in [0.2, 0.25) is 0 Å². The van der Waals surface area contributed by atoms with Gasteiger partial charge >= 0.3 is 0 Å². The number of carbonyl (C=O) groups excluding carboxylic acids is 2. The molecule has 0 unspecified atom stereocenters. The third-order valence-corrected chi connectivity index (χ3v) is 3.73. The molecule has 0 spiro atoms.